The Morgan fingerprint density at radius 2 is 2.11 bits per heavy atom. The lowest BCUT2D eigenvalue weighted by Crippen LogP contribution is -2.34. The highest BCUT2D eigenvalue weighted by molar-refractivity contribution is 6.22. The van der Waals surface area contributed by atoms with Crippen molar-refractivity contribution in [3.05, 3.63) is 47.7 Å². The van der Waals surface area contributed by atoms with Crippen molar-refractivity contribution < 1.29 is 19.1 Å². The summed E-state index contributed by atoms with van der Waals surface area (Å²) in [5, 5.41) is 0. The second kappa shape index (κ2) is 6.46. The van der Waals surface area contributed by atoms with E-state index >= 15 is 0 Å². The maximum absolute atomic E-state index is 12.6. The molecule has 4 rings (SSSR count). The minimum Gasteiger partial charge on any atom is -0.439 e. The van der Waals surface area contributed by atoms with Crippen LogP contribution >= 0.6 is 0 Å². The minimum absolute atomic E-state index is 0.0546. The van der Waals surface area contributed by atoms with E-state index in [1.54, 1.807) is 12.1 Å². The van der Waals surface area contributed by atoms with E-state index in [0.717, 1.165) is 5.56 Å². The topological polar surface area (TPSA) is 68.7 Å². The van der Waals surface area contributed by atoms with Gasteiger partial charge in [0.25, 0.3) is 0 Å². The third-order valence-corrected chi connectivity index (χ3v) is 5.54. The predicted octanol–water partition coefficient (Wildman–Crippen LogP) is 4.14. The Balaban J connectivity index is 1.53. The van der Waals surface area contributed by atoms with Gasteiger partial charge in [-0.1, -0.05) is 19.9 Å². The lowest BCUT2D eigenvalue weighted by Gasteiger charge is -2.20. The molecule has 1 saturated heterocycles. The first-order valence-electron chi connectivity index (χ1n) is 9.17. The molecule has 6 nitrogen and oxygen atoms in total. The normalized spacial score (nSPS) is 24.4. The number of amides is 2. The zero-order valence-electron chi connectivity index (χ0n) is 15.7. The summed E-state index contributed by atoms with van der Waals surface area (Å²) in [6.45, 7) is 6.39. The Hall–Kier alpha value is -2.73. The number of benzene rings is 1. The molecule has 2 aromatic rings. The highest BCUT2D eigenvalue weighted by Crippen LogP contribution is 2.38. The van der Waals surface area contributed by atoms with Crippen molar-refractivity contribution in [2.75, 3.05) is 4.90 Å². The van der Waals surface area contributed by atoms with Crippen molar-refractivity contribution >= 4 is 17.5 Å². The van der Waals surface area contributed by atoms with Crippen LogP contribution in [0, 0.1) is 5.41 Å². The highest BCUT2D eigenvalue weighted by Gasteiger charge is 2.47. The first-order chi connectivity index (χ1) is 12.9. The summed E-state index contributed by atoms with van der Waals surface area (Å²) in [4.78, 5) is 30.4. The van der Waals surface area contributed by atoms with Crippen molar-refractivity contribution in [3.8, 4) is 11.6 Å². The van der Waals surface area contributed by atoms with E-state index in [4.69, 9.17) is 9.47 Å². The summed E-state index contributed by atoms with van der Waals surface area (Å²) < 4.78 is 11.4. The minimum atomic E-state index is -0.630. The van der Waals surface area contributed by atoms with Crippen molar-refractivity contribution in [2.24, 2.45) is 5.41 Å². The number of ether oxygens (including phenoxy) is 2. The number of pyridine rings is 1. The van der Waals surface area contributed by atoms with Gasteiger partial charge in [-0.3, -0.25) is 9.59 Å². The molecule has 1 fully saturated rings. The van der Waals surface area contributed by atoms with Gasteiger partial charge in [-0.25, -0.2) is 9.88 Å². The van der Waals surface area contributed by atoms with Gasteiger partial charge in [0.05, 0.1) is 30.0 Å². The van der Waals surface area contributed by atoms with Crippen molar-refractivity contribution in [3.63, 3.8) is 0 Å². The smallest absolute Gasteiger partial charge is 0.240 e. The first-order valence-corrected chi connectivity index (χ1v) is 9.17. The summed E-state index contributed by atoms with van der Waals surface area (Å²) in [5.74, 6) is 0.728. The predicted molar refractivity (Wildman–Crippen MR) is 99.5 cm³/mol. The third-order valence-electron chi connectivity index (χ3n) is 5.54. The Labute approximate surface area is 158 Å². The molecule has 6 heteroatoms. The highest BCUT2D eigenvalue weighted by atomic mass is 16.5. The van der Waals surface area contributed by atoms with E-state index in [1.165, 1.54) is 16.7 Å². The van der Waals surface area contributed by atoms with Gasteiger partial charge in [0, 0.05) is 12.5 Å². The molecule has 1 aromatic carbocycles. The van der Waals surface area contributed by atoms with E-state index in [9.17, 15) is 9.59 Å². The number of anilines is 1. The molecule has 0 N–H and O–H groups in total. The lowest BCUT2D eigenvalue weighted by atomic mass is 9.86. The fourth-order valence-electron chi connectivity index (χ4n) is 3.55. The van der Waals surface area contributed by atoms with E-state index in [1.807, 2.05) is 39.0 Å². The molecule has 1 unspecified atom stereocenters. The molecule has 0 spiro atoms. The molecule has 2 amide bonds. The van der Waals surface area contributed by atoms with Crippen molar-refractivity contribution in [2.45, 2.75) is 46.3 Å². The second-order valence-electron chi connectivity index (χ2n) is 7.40. The van der Waals surface area contributed by atoms with Gasteiger partial charge in [0.15, 0.2) is 0 Å². The van der Waals surface area contributed by atoms with Crippen LogP contribution in [0.5, 0.6) is 11.6 Å². The third kappa shape index (κ3) is 3.00. The summed E-state index contributed by atoms with van der Waals surface area (Å²) in [7, 11) is 0. The van der Waals surface area contributed by atoms with E-state index in [-0.39, 0.29) is 24.3 Å². The number of hydrogen-bond donors (Lipinski definition) is 0. The Kier molecular flexibility index (Phi) is 4.23. The molecule has 140 valence electrons. The van der Waals surface area contributed by atoms with Crippen LogP contribution in [0.25, 0.3) is 0 Å². The van der Waals surface area contributed by atoms with E-state index in [0.29, 0.717) is 30.3 Å². The Morgan fingerprint density at radius 3 is 2.78 bits per heavy atom. The molecule has 0 bridgehead atoms. The summed E-state index contributed by atoms with van der Waals surface area (Å²) in [6.07, 6.45) is 2.42. The fraction of sp³-hybridized carbons (Fsp3) is 0.381. The van der Waals surface area contributed by atoms with Crippen LogP contribution < -0.4 is 9.64 Å². The zero-order chi connectivity index (χ0) is 19.2. The number of rotatable bonds is 4. The summed E-state index contributed by atoms with van der Waals surface area (Å²) in [5.41, 5.74) is 2.14. The van der Waals surface area contributed by atoms with Crippen molar-refractivity contribution in [1.82, 2.24) is 4.98 Å². The Bertz CT molecular complexity index is 909. The maximum Gasteiger partial charge on any atom is 0.240 e. The molecule has 0 radical (unpaired) electrons. The SMILES string of the molecule is CC[C@@]1(C)CC(=O)N(c2ccc(Oc3ccc4c(c3)C(C)OC4)nc2)C1=O. The standard InChI is InChI=1S/C21H22N2O4/c1-4-21(3)10-19(24)23(20(21)25)15-6-8-18(22-11-15)27-16-7-5-14-12-26-13(2)17(14)9-16/h5-9,11,13H,4,10,12H2,1-3H3/t13?,21-/m0/s1. The first kappa shape index (κ1) is 17.7. The summed E-state index contributed by atoms with van der Waals surface area (Å²) >= 11 is 0. The molecule has 27 heavy (non-hydrogen) atoms. The van der Waals surface area contributed by atoms with Gasteiger partial charge in [0.2, 0.25) is 17.7 Å². The van der Waals surface area contributed by atoms with Crippen LogP contribution in [-0.2, 0) is 20.9 Å². The quantitative estimate of drug-likeness (QED) is 0.761. The molecule has 2 aliphatic heterocycles. The molecule has 0 aliphatic carbocycles. The molecule has 2 atom stereocenters. The van der Waals surface area contributed by atoms with Gasteiger partial charge < -0.3 is 9.47 Å². The number of aromatic nitrogens is 1. The van der Waals surface area contributed by atoms with Gasteiger partial charge in [-0.15, -0.1) is 0 Å². The summed E-state index contributed by atoms with van der Waals surface area (Å²) in [6, 6.07) is 9.21. The molecule has 3 heterocycles. The van der Waals surface area contributed by atoms with Crippen LogP contribution in [0.15, 0.2) is 36.5 Å². The largest absolute Gasteiger partial charge is 0.439 e. The molecule has 0 saturated carbocycles. The van der Waals surface area contributed by atoms with Crippen LogP contribution in [0.1, 0.15) is 50.8 Å². The van der Waals surface area contributed by atoms with Crippen molar-refractivity contribution in [1.29, 1.82) is 0 Å². The van der Waals surface area contributed by atoms with Crippen LogP contribution in [0.2, 0.25) is 0 Å². The van der Waals surface area contributed by atoms with Crippen LogP contribution in [0.4, 0.5) is 5.69 Å². The molecular weight excluding hydrogens is 344 g/mol. The number of carbonyl (C=O) groups excluding carboxylic acids is 2. The van der Waals surface area contributed by atoms with Crippen LogP contribution in [0.3, 0.4) is 0 Å². The molecular formula is C21H22N2O4. The fourth-order valence-corrected chi connectivity index (χ4v) is 3.55. The zero-order valence-corrected chi connectivity index (χ0v) is 15.7. The average molecular weight is 366 g/mol. The monoisotopic (exact) mass is 366 g/mol. The molecule has 1 aromatic heterocycles. The maximum atomic E-state index is 12.6. The van der Waals surface area contributed by atoms with Gasteiger partial charge in [-0.05, 0) is 42.7 Å². The average Bonchev–Trinajstić information content (AvgIpc) is 3.14. The van der Waals surface area contributed by atoms with E-state index in [2.05, 4.69) is 4.98 Å². The lowest BCUT2D eigenvalue weighted by molar-refractivity contribution is -0.125. The second-order valence-corrected chi connectivity index (χ2v) is 7.40. The molecule has 2 aliphatic rings. The van der Waals surface area contributed by atoms with Crippen LogP contribution in [-0.4, -0.2) is 16.8 Å². The Morgan fingerprint density at radius 1 is 1.30 bits per heavy atom. The number of nitrogens with zero attached hydrogens (tertiary/aromatic N) is 2. The number of hydrogen-bond acceptors (Lipinski definition) is 5. The number of carbonyl (C=O) groups is 2. The number of imide groups is 1. The van der Waals surface area contributed by atoms with E-state index < -0.39 is 5.41 Å². The van der Waals surface area contributed by atoms with Gasteiger partial charge in [-0.2, -0.15) is 0 Å². The number of fused-ring (bicyclic) bond motifs is 1. The van der Waals surface area contributed by atoms with Gasteiger partial charge in [0.1, 0.15) is 5.75 Å². The van der Waals surface area contributed by atoms with Gasteiger partial charge >= 0.3 is 0 Å².